The number of hydrogen-bond donors (Lipinski definition) is 1. The van der Waals surface area contributed by atoms with Gasteiger partial charge in [0, 0.05) is 56.7 Å². The zero-order valence-electron chi connectivity index (χ0n) is 16.6. The number of imidazole rings is 1. The minimum Gasteiger partial charge on any atom is -0.402 e. The smallest absolute Gasteiger partial charge is 0.402 e. The molecule has 0 radical (unpaired) electrons. The average Bonchev–Trinajstić information content (AvgIpc) is 3.56. The molecule has 1 saturated heterocycles. The number of pyridine rings is 1. The molecule has 1 aliphatic heterocycles. The van der Waals surface area contributed by atoms with Crippen LogP contribution >= 0.6 is 0 Å². The fourth-order valence-electron chi connectivity index (χ4n) is 4.63. The van der Waals surface area contributed by atoms with Crippen LogP contribution in [0.1, 0.15) is 30.6 Å². The van der Waals surface area contributed by atoms with Gasteiger partial charge in [-0.15, -0.1) is 13.2 Å². The maximum atomic E-state index is 12.7. The number of ether oxygens (including phenoxy) is 2. The summed E-state index contributed by atoms with van der Waals surface area (Å²) in [6.45, 7) is 3.77. The number of alkyl halides is 3. The second-order valence-electron chi connectivity index (χ2n) is 8.39. The molecule has 162 valence electrons. The molecule has 10 heteroatoms. The zero-order valence-corrected chi connectivity index (χ0v) is 16.6. The Kier molecular flexibility index (Phi) is 4.66. The Morgan fingerprint density at radius 3 is 2.60 bits per heavy atom. The van der Waals surface area contributed by atoms with Crippen LogP contribution in [0, 0.1) is 11.8 Å². The molecule has 3 fully saturated rings. The summed E-state index contributed by atoms with van der Waals surface area (Å²) in [7, 11) is 1.71. The van der Waals surface area contributed by atoms with Crippen molar-refractivity contribution >= 4 is 5.82 Å². The first kappa shape index (κ1) is 19.6. The highest BCUT2D eigenvalue weighted by molar-refractivity contribution is 5.64. The second-order valence-corrected chi connectivity index (χ2v) is 8.39. The van der Waals surface area contributed by atoms with E-state index in [0.717, 1.165) is 44.9 Å². The molecular formula is C20H24F3N5O2. The highest BCUT2D eigenvalue weighted by atomic mass is 19.4. The van der Waals surface area contributed by atoms with Gasteiger partial charge in [-0.2, -0.15) is 0 Å². The van der Waals surface area contributed by atoms with Crippen molar-refractivity contribution in [2.24, 2.45) is 11.8 Å². The summed E-state index contributed by atoms with van der Waals surface area (Å²) >= 11 is 0. The Bertz CT molecular complexity index is 931. The molecule has 2 N–H and O–H groups in total. The molecule has 30 heavy (non-hydrogen) atoms. The highest BCUT2D eigenvalue weighted by Gasteiger charge is 2.57. The summed E-state index contributed by atoms with van der Waals surface area (Å²) in [6.07, 6.45) is 0.776. The number of aromatic nitrogens is 3. The van der Waals surface area contributed by atoms with E-state index >= 15 is 0 Å². The maximum Gasteiger partial charge on any atom is 0.573 e. The van der Waals surface area contributed by atoms with Crippen LogP contribution in [0.4, 0.5) is 19.0 Å². The lowest BCUT2D eigenvalue weighted by molar-refractivity contribution is -0.274. The molecule has 3 heterocycles. The van der Waals surface area contributed by atoms with Gasteiger partial charge in [0.2, 0.25) is 0 Å². The van der Waals surface area contributed by atoms with Gasteiger partial charge in [0.15, 0.2) is 11.6 Å². The van der Waals surface area contributed by atoms with Crippen molar-refractivity contribution in [3.63, 3.8) is 0 Å². The summed E-state index contributed by atoms with van der Waals surface area (Å²) in [4.78, 5) is 11.1. The molecule has 2 aromatic rings. The Morgan fingerprint density at radius 1 is 1.23 bits per heavy atom. The number of nitrogens with two attached hydrogens (primary N) is 1. The summed E-state index contributed by atoms with van der Waals surface area (Å²) in [5.74, 6) is 1.84. The van der Waals surface area contributed by atoms with Crippen molar-refractivity contribution in [1.29, 1.82) is 0 Å². The van der Waals surface area contributed by atoms with E-state index in [0.29, 0.717) is 35.1 Å². The van der Waals surface area contributed by atoms with Crippen LogP contribution in [-0.4, -0.2) is 59.1 Å². The third kappa shape index (κ3) is 3.74. The summed E-state index contributed by atoms with van der Waals surface area (Å²) in [5.41, 5.74) is 6.64. The Balaban J connectivity index is 1.38. The van der Waals surface area contributed by atoms with E-state index in [9.17, 15) is 13.2 Å². The first-order valence-corrected chi connectivity index (χ1v) is 10.2. The van der Waals surface area contributed by atoms with E-state index in [2.05, 4.69) is 19.2 Å². The normalized spacial score (nSPS) is 26.1. The van der Waals surface area contributed by atoms with Crippen molar-refractivity contribution in [2.75, 3.05) is 39.1 Å². The lowest BCUT2D eigenvalue weighted by Crippen LogP contribution is -2.28. The predicted octanol–water partition coefficient (Wildman–Crippen LogP) is 3.05. The van der Waals surface area contributed by atoms with Crippen molar-refractivity contribution < 1.29 is 22.6 Å². The molecule has 2 saturated carbocycles. The first-order valence-electron chi connectivity index (χ1n) is 10.2. The number of hydrogen-bond acceptors (Lipinski definition) is 6. The Hall–Kier alpha value is -2.33. The average molecular weight is 423 g/mol. The number of rotatable bonds is 7. The van der Waals surface area contributed by atoms with Crippen LogP contribution in [0.5, 0.6) is 5.75 Å². The van der Waals surface area contributed by atoms with Crippen LogP contribution in [-0.2, 0) is 4.74 Å². The molecule has 0 bridgehead atoms. The molecule has 2 aromatic heterocycles. The lowest BCUT2D eigenvalue weighted by Gasteiger charge is -2.20. The molecule has 2 aliphatic carbocycles. The van der Waals surface area contributed by atoms with Crippen LogP contribution in [0.25, 0.3) is 11.3 Å². The first-order chi connectivity index (χ1) is 14.3. The van der Waals surface area contributed by atoms with Crippen molar-refractivity contribution in [2.45, 2.75) is 31.2 Å². The van der Waals surface area contributed by atoms with Gasteiger partial charge in [-0.25, -0.2) is 9.97 Å². The third-order valence-electron chi connectivity index (χ3n) is 6.26. The van der Waals surface area contributed by atoms with Crippen molar-refractivity contribution in [3.05, 3.63) is 24.3 Å². The SMILES string of the molecule is COCCN1C[C@@H]2[C@H](C1)[C@H]2n1cc(-c2cnc(N)c(OC(F)(F)F)c2)nc1C1CC1. The van der Waals surface area contributed by atoms with Gasteiger partial charge in [-0.05, 0) is 30.7 Å². The van der Waals surface area contributed by atoms with Gasteiger partial charge in [-0.1, -0.05) is 0 Å². The molecule has 3 aliphatic rings. The topological polar surface area (TPSA) is 78.4 Å². The third-order valence-corrected chi connectivity index (χ3v) is 6.26. The van der Waals surface area contributed by atoms with Crippen LogP contribution in [0.15, 0.2) is 18.5 Å². The summed E-state index contributed by atoms with van der Waals surface area (Å²) in [6, 6.07) is 1.67. The van der Waals surface area contributed by atoms with E-state index in [1.807, 2.05) is 6.20 Å². The number of fused-ring (bicyclic) bond motifs is 1. The number of anilines is 1. The molecule has 0 amide bonds. The lowest BCUT2D eigenvalue weighted by atomic mass is 10.2. The van der Waals surface area contributed by atoms with Gasteiger partial charge >= 0.3 is 6.36 Å². The standard InChI is InChI=1S/C20H24F3N5O2/c1-29-5-4-27-8-13-14(9-27)17(13)28-10-15(26-19(28)11-2-3-11)12-6-16(18(24)25-7-12)30-20(21,22)23/h6-7,10-11,13-14,17H,2-5,8-9H2,1H3,(H2,24,25)/t13-,14+,17+. The summed E-state index contributed by atoms with van der Waals surface area (Å²) < 4.78 is 49.4. The predicted molar refractivity (Wildman–Crippen MR) is 103 cm³/mol. The van der Waals surface area contributed by atoms with Crippen LogP contribution in [0.3, 0.4) is 0 Å². The fraction of sp³-hybridized carbons (Fsp3) is 0.600. The molecule has 5 rings (SSSR count). The number of halogens is 3. The fourth-order valence-corrected chi connectivity index (χ4v) is 4.63. The number of methoxy groups -OCH3 is 1. The number of nitrogens with zero attached hydrogens (tertiary/aromatic N) is 4. The largest absolute Gasteiger partial charge is 0.573 e. The number of piperidine rings is 1. The van der Waals surface area contributed by atoms with Gasteiger partial charge in [0.25, 0.3) is 0 Å². The minimum atomic E-state index is -4.83. The van der Waals surface area contributed by atoms with Crippen molar-refractivity contribution in [3.8, 4) is 17.0 Å². The van der Waals surface area contributed by atoms with Gasteiger partial charge < -0.3 is 24.7 Å². The highest BCUT2D eigenvalue weighted by Crippen LogP contribution is 2.57. The quantitative estimate of drug-likeness (QED) is 0.738. The minimum absolute atomic E-state index is 0.300. The molecule has 0 unspecified atom stereocenters. The molecular weight excluding hydrogens is 399 g/mol. The van der Waals surface area contributed by atoms with Gasteiger partial charge in [0.05, 0.1) is 12.3 Å². The Labute approximate surface area is 172 Å². The maximum absolute atomic E-state index is 12.7. The molecule has 0 aromatic carbocycles. The van der Waals surface area contributed by atoms with E-state index < -0.39 is 12.1 Å². The second kappa shape index (κ2) is 7.12. The van der Waals surface area contributed by atoms with Crippen LogP contribution in [0.2, 0.25) is 0 Å². The molecule has 7 nitrogen and oxygen atoms in total. The van der Waals surface area contributed by atoms with E-state index in [1.54, 1.807) is 7.11 Å². The zero-order chi connectivity index (χ0) is 21.0. The number of nitrogen functional groups attached to an aromatic ring is 1. The molecule has 0 spiro atoms. The van der Waals surface area contributed by atoms with Gasteiger partial charge in [0.1, 0.15) is 5.82 Å². The number of likely N-dealkylation sites (tertiary alicyclic amines) is 1. The molecule has 3 atom stereocenters. The van der Waals surface area contributed by atoms with Gasteiger partial charge in [-0.3, -0.25) is 0 Å². The van der Waals surface area contributed by atoms with Crippen LogP contribution < -0.4 is 10.5 Å². The van der Waals surface area contributed by atoms with E-state index in [4.69, 9.17) is 15.5 Å². The van der Waals surface area contributed by atoms with E-state index in [-0.39, 0.29) is 5.82 Å². The van der Waals surface area contributed by atoms with Crippen molar-refractivity contribution in [1.82, 2.24) is 19.4 Å². The Morgan fingerprint density at radius 2 is 1.97 bits per heavy atom. The summed E-state index contributed by atoms with van der Waals surface area (Å²) in [5, 5.41) is 0. The monoisotopic (exact) mass is 423 g/mol. The van der Waals surface area contributed by atoms with E-state index in [1.165, 1.54) is 12.3 Å².